The summed E-state index contributed by atoms with van der Waals surface area (Å²) in [6.07, 6.45) is 0. The van der Waals surface area contributed by atoms with Crippen molar-refractivity contribution >= 4 is 17.7 Å². The molecule has 0 aromatic heterocycles. The van der Waals surface area contributed by atoms with Crippen LogP contribution < -0.4 is 0 Å². The van der Waals surface area contributed by atoms with Crippen molar-refractivity contribution in [3.05, 3.63) is 0 Å². The molecule has 0 aromatic rings. The molecule has 1 fully saturated rings. The summed E-state index contributed by atoms with van der Waals surface area (Å²) >= 11 is -0.0102. The minimum Gasteiger partial charge on any atom is -0.480 e. The molecule has 1 unspecified atom stereocenters. The lowest BCUT2D eigenvalue weighted by atomic mass is 10.2. The van der Waals surface area contributed by atoms with Gasteiger partial charge in [0.05, 0.1) is 0 Å². The highest BCUT2D eigenvalue weighted by atomic mass is 32.2. The number of rotatable bonds is 5. The number of hydrogen-bond acceptors (Lipinski definition) is 4. The van der Waals surface area contributed by atoms with Crippen LogP contribution >= 0.6 is 11.8 Å². The molecule has 1 aliphatic heterocycles. The fraction of sp³-hybridized carbons (Fsp3) is 0.900. The van der Waals surface area contributed by atoms with E-state index >= 15 is 0 Å². The quantitative estimate of drug-likeness (QED) is 0.826. The maximum absolute atomic E-state index is 11.9. The number of aliphatic carboxylic acids is 1. The van der Waals surface area contributed by atoms with Crippen LogP contribution in [-0.4, -0.2) is 70.9 Å². The highest BCUT2D eigenvalue weighted by Gasteiger charge is 2.29. The fourth-order valence-electron chi connectivity index (χ4n) is 1.82. The molecule has 0 radical (unpaired) electrons. The van der Waals surface area contributed by atoms with Gasteiger partial charge in [0, 0.05) is 38.5 Å². The van der Waals surface area contributed by atoms with Gasteiger partial charge in [-0.05, 0) is 18.7 Å². The molecule has 1 N–H and O–H groups in total. The normalized spacial score (nSPS) is 20.9. The van der Waals surface area contributed by atoms with E-state index in [1.165, 1.54) is 0 Å². The lowest BCUT2D eigenvalue weighted by Crippen LogP contribution is -2.52. The molecule has 0 saturated carbocycles. The summed E-state index contributed by atoms with van der Waals surface area (Å²) in [5.74, 6) is -0.839. The smallest absolute Gasteiger partial charge is 0.441 e. The van der Waals surface area contributed by atoms with E-state index in [9.17, 15) is 18.0 Å². The van der Waals surface area contributed by atoms with Gasteiger partial charge in [-0.1, -0.05) is 0 Å². The van der Waals surface area contributed by atoms with Crippen LogP contribution in [0.25, 0.3) is 0 Å². The third kappa shape index (κ3) is 5.45. The summed E-state index contributed by atoms with van der Waals surface area (Å²) in [5.41, 5.74) is -4.17. The maximum Gasteiger partial charge on any atom is 0.441 e. The van der Waals surface area contributed by atoms with Crippen LogP contribution in [0.4, 0.5) is 13.2 Å². The van der Waals surface area contributed by atoms with Gasteiger partial charge >= 0.3 is 11.5 Å². The first-order valence-corrected chi connectivity index (χ1v) is 6.68. The van der Waals surface area contributed by atoms with Crippen LogP contribution in [0.15, 0.2) is 0 Å². The largest absolute Gasteiger partial charge is 0.480 e. The highest BCUT2D eigenvalue weighted by Crippen LogP contribution is 2.29. The first-order chi connectivity index (χ1) is 8.29. The van der Waals surface area contributed by atoms with Gasteiger partial charge in [-0.3, -0.25) is 14.6 Å². The van der Waals surface area contributed by atoms with Crippen molar-refractivity contribution in [1.29, 1.82) is 0 Å². The number of carboxylic acid groups (broad SMARTS) is 1. The molecule has 4 nitrogen and oxygen atoms in total. The molecule has 1 rings (SSSR count). The molecule has 0 aliphatic carbocycles. The van der Waals surface area contributed by atoms with Crippen LogP contribution in [0.1, 0.15) is 6.92 Å². The summed E-state index contributed by atoms with van der Waals surface area (Å²) in [5, 5.41) is 8.85. The molecular weight excluding hydrogens is 269 g/mol. The Morgan fingerprint density at radius 1 is 1.33 bits per heavy atom. The molecule has 1 atom stereocenters. The number of hydrogen-bond donors (Lipinski definition) is 1. The number of alkyl halides is 3. The van der Waals surface area contributed by atoms with E-state index in [2.05, 4.69) is 0 Å². The van der Waals surface area contributed by atoms with Gasteiger partial charge < -0.3 is 5.11 Å². The Hall–Kier alpha value is -0.470. The average Bonchev–Trinajstić information content (AvgIpc) is 2.27. The Balaban J connectivity index is 2.21. The summed E-state index contributed by atoms with van der Waals surface area (Å²) in [7, 11) is 0. The Kier molecular flexibility index (Phi) is 5.74. The zero-order chi connectivity index (χ0) is 13.8. The predicted octanol–water partition coefficient (Wildman–Crippen LogP) is 1.33. The minimum atomic E-state index is -4.17. The molecule has 18 heavy (non-hydrogen) atoms. The third-order valence-corrected chi connectivity index (χ3v) is 3.70. The van der Waals surface area contributed by atoms with Crippen LogP contribution in [0.2, 0.25) is 0 Å². The number of carboxylic acids is 1. The van der Waals surface area contributed by atoms with E-state index in [1.807, 2.05) is 9.80 Å². The summed E-state index contributed by atoms with van der Waals surface area (Å²) in [4.78, 5) is 14.5. The summed E-state index contributed by atoms with van der Waals surface area (Å²) < 4.78 is 35.8. The standard InChI is InChI=1S/C10H17F3N2O2S/c1-8(9(16)17)15-4-2-14(3-5-15)6-7-18-10(11,12)13/h8H,2-7H2,1H3,(H,16,17). The fourth-order valence-corrected chi connectivity index (χ4v) is 2.40. The second-order valence-corrected chi connectivity index (χ2v) is 5.35. The van der Waals surface area contributed by atoms with E-state index in [0.717, 1.165) is 0 Å². The third-order valence-electron chi connectivity index (χ3n) is 2.99. The van der Waals surface area contributed by atoms with Gasteiger partial charge in [0.15, 0.2) is 0 Å². The van der Waals surface area contributed by atoms with Crippen molar-refractivity contribution < 1.29 is 23.1 Å². The first-order valence-electron chi connectivity index (χ1n) is 5.69. The molecule has 1 aliphatic rings. The highest BCUT2D eigenvalue weighted by molar-refractivity contribution is 8.00. The Morgan fingerprint density at radius 2 is 1.89 bits per heavy atom. The monoisotopic (exact) mass is 286 g/mol. The van der Waals surface area contributed by atoms with E-state index in [0.29, 0.717) is 32.7 Å². The van der Waals surface area contributed by atoms with Gasteiger partial charge in [-0.2, -0.15) is 13.2 Å². The van der Waals surface area contributed by atoms with Crippen molar-refractivity contribution in [3.63, 3.8) is 0 Å². The van der Waals surface area contributed by atoms with E-state index in [-0.39, 0.29) is 17.5 Å². The van der Waals surface area contributed by atoms with E-state index < -0.39 is 17.5 Å². The molecule has 0 aromatic carbocycles. The van der Waals surface area contributed by atoms with Gasteiger partial charge in [-0.25, -0.2) is 0 Å². The molecule has 8 heteroatoms. The number of carbonyl (C=O) groups is 1. The SMILES string of the molecule is CC(C(=O)O)N1CCN(CCSC(F)(F)F)CC1. The van der Waals surface area contributed by atoms with Crippen molar-refractivity contribution in [2.45, 2.75) is 18.5 Å². The van der Waals surface area contributed by atoms with Crippen molar-refractivity contribution in [3.8, 4) is 0 Å². The molecular formula is C10H17F3N2O2S. The van der Waals surface area contributed by atoms with Gasteiger partial charge in [-0.15, -0.1) is 0 Å². The zero-order valence-electron chi connectivity index (χ0n) is 10.1. The Morgan fingerprint density at radius 3 is 2.33 bits per heavy atom. The lowest BCUT2D eigenvalue weighted by molar-refractivity contribution is -0.143. The summed E-state index contributed by atoms with van der Waals surface area (Å²) in [6, 6.07) is -0.531. The molecule has 0 amide bonds. The molecule has 0 spiro atoms. The van der Waals surface area contributed by atoms with E-state index in [1.54, 1.807) is 6.92 Å². The second kappa shape index (κ2) is 6.63. The Labute approximate surface area is 108 Å². The van der Waals surface area contributed by atoms with Crippen LogP contribution in [0, 0.1) is 0 Å². The van der Waals surface area contributed by atoms with Crippen molar-refractivity contribution in [2.24, 2.45) is 0 Å². The first kappa shape index (κ1) is 15.6. The molecule has 0 bridgehead atoms. The van der Waals surface area contributed by atoms with Crippen LogP contribution in [0.5, 0.6) is 0 Å². The minimum absolute atomic E-state index is 0.0102. The van der Waals surface area contributed by atoms with Crippen molar-refractivity contribution in [1.82, 2.24) is 9.80 Å². The van der Waals surface area contributed by atoms with Crippen LogP contribution in [0.3, 0.4) is 0 Å². The molecule has 1 saturated heterocycles. The second-order valence-electron chi connectivity index (χ2n) is 4.19. The van der Waals surface area contributed by atoms with Gasteiger partial charge in [0.2, 0.25) is 0 Å². The predicted molar refractivity (Wildman–Crippen MR) is 63.6 cm³/mol. The maximum atomic E-state index is 11.9. The van der Waals surface area contributed by atoms with Crippen molar-refractivity contribution in [2.75, 3.05) is 38.5 Å². The molecule has 106 valence electrons. The molecule has 1 heterocycles. The number of piperazine rings is 1. The average molecular weight is 286 g/mol. The van der Waals surface area contributed by atoms with E-state index in [4.69, 9.17) is 5.11 Å². The number of thioether (sulfide) groups is 1. The van der Waals surface area contributed by atoms with Crippen LogP contribution in [-0.2, 0) is 4.79 Å². The number of nitrogens with zero attached hydrogens (tertiary/aromatic N) is 2. The number of halogens is 3. The summed E-state index contributed by atoms with van der Waals surface area (Å²) in [6.45, 7) is 4.43. The zero-order valence-corrected chi connectivity index (χ0v) is 10.9. The van der Waals surface area contributed by atoms with Gasteiger partial charge in [0.1, 0.15) is 6.04 Å². The Bertz CT molecular complexity index is 281. The van der Waals surface area contributed by atoms with Gasteiger partial charge in [0.25, 0.3) is 0 Å². The lowest BCUT2D eigenvalue weighted by Gasteiger charge is -2.36. The topological polar surface area (TPSA) is 43.8 Å².